The van der Waals surface area contributed by atoms with Crippen LogP contribution in [0.4, 0.5) is 0 Å². The first-order chi connectivity index (χ1) is 25.1. The molecule has 10 N–H and O–H groups in total. The van der Waals surface area contributed by atoms with Crippen LogP contribution in [0.2, 0.25) is 0 Å². The second kappa shape index (κ2) is 18.2. The lowest BCUT2D eigenvalue weighted by atomic mass is 9.66. The highest BCUT2D eigenvalue weighted by Crippen LogP contribution is 2.45. The summed E-state index contributed by atoms with van der Waals surface area (Å²) in [5.74, 6) is -2.60. The maximum absolute atomic E-state index is 14.1. The molecule has 0 aromatic carbocycles. The van der Waals surface area contributed by atoms with E-state index in [-0.39, 0.29) is 36.6 Å². The Morgan fingerprint density at radius 3 is 2.45 bits per heavy atom. The van der Waals surface area contributed by atoms with E-state index in [4.69, 9.17) is 19.9 Å². The average molecular weight is 753 g/mol. The van der Waals surface area contributed by atoms with Gasteiger partial charge in [0.05, 0.1) is 55.0 Å². The highest BCUT2D eigenvalue weighted by atomic mass is 16.7. The fourth-order valence-electron chi connectivity index (χ4n) is 9.44. The molecular formula is C38H62N3O12+. The van der Waals surface area contributed by atoms with Crippen molar-refractivity contribution in [3.05, 3.63) is 18.2 Å². The van der Waals surface area contributed by atoms with E-state index in [9.17, 15) is 45.3 Å². The fraction of sp³-hybridized carbons (Fsp3) is 0.842. The molecule has 0 radical (unpaired) electrons. The van der Waals surface area contributed by atoms with Crippen LogP contribution < -0.4 is 21.3 Å². The standard InChI is InChI=1S/C38H61N3O12/c1-19(2)5-4-6-20(3)23(15-21-13-14-40-17-21)18-41-36(49)38(50)33(45)30(44)32(35(47)48)53-37(38)51-25-11-12-26-27(16-25)52-31(34(39)46)28(29(26)43)22-7-9-24(42)10-8-22/h13-14,17,19-20,22-33,36-37,41-45,50H,4-12,15-16,18H2,1-3H3,(H2,39,46)(H,47,48)/p+1/t20-,22?,23-,24?,25?,26?,27?,28?,29?,30+,31?,32-,33-,36+,37+,38+/m0/s1. The van der Waals surface area contributed by atoms with Crippen molar-refractivity contribution < 1.29 is 64.9 Å². The van der Waals surface area contributed by atoms with Crippen molar-refractivity contribution >= 4 is 18.1 Å². The summed E-state index contributed by atoms with van der Waals surface area (Å²) in [5, 5.41) is 83.0. The lowest BCUT2D eigenvalue weighted by Crippen LogP contribution is -3.02. The molecule has 0 aromatic rings. The molecule has 15 heteroatoms. The normalized spacial score (nSPS) is 40.5. The van der Waals surface area contributed by atoms with Gasteiger partial charge >= 0.3 is 0 Å². The molecule has 6 unspecified atom stereocenters. The average Bonchev–Trinajstić information content (AvgIpc) is 3.63. The number of carbonyl (C=O) groups excluding carboxylic acids is 2. The number of nitrogens with two attached hydrogens (primary N) is 2. The van der Waals surface area contributed by atoms with Gasteiger partial charge in [-0.25, -0.2) is 0 Å². The highest BCUT2D eigenvalue weighted by Gasteiger charge is 2.61. The summed E-state index contributed by atoms with van der Waals surface area (Å²) in [6.45, 7) is 8.41. The molecule has 0 aromatic heterocycles. The molecule has 53 heavy (non-hydrogen) atoms. The van der Waals surface area contributed by atoms with Gasteiger partial charge in [-0.05, 0) is 56.3 Å². The molecule has 14 atom stereocenters. The van der Waals surface area contributed by atoms with Gasteiger partial charge in [-0.3, -0.25) is 4.79 Å². The number of hydrogen-bond donors (Lipinski definition) is 7. The Bertz CT molecular complexity index is 1290. The number of allylic oxidation sites excluding steroid dienone is 1. The molecule has 2 aliphatic carbocycles. The Morgan fingerprint density at radius 1 is 1.11 bits per heavy atom. The lowest BCUT2D eigenvalue weighted by molar-refractivity contribution is -0.837. The fourth-order valence-corrected chi connectivity index (χ4v) is 9.44. The van der Waals surface area contributed by atoms with Crippen molar-refractivity contribution in [2.45, 2.75) is 158 Å². The highest BCUT2D eigenvalue weighted by molar-refractivity contribution is 5.82. The minimum absolute atomic E-state index is 0.0105. The van der Waals surface area contributed by atoms with Crippen LogP contribution in [-0.4, -0.2) is 122 Å². The van der Waals surface area contributed by atoms with E-state index in [1.54, 1.807) is 12.8 Å². The van der Waals surface area contributed by atoms with Gasteiger partial charge < -0.3 is 65.8 Å². The van der Waals surface area contributed by atoms with Crippen LogP contribution in [0.5, 0.6) is 0 Å². The van der Waals surface area contributed by atoms with Crippen LogP contribution in [0, 0.1) is 42.1 Å². The quantitative estimate of drug-likeness (QED) is 0.0484. The Kier molecular flexibility index (Phi) is 14.4. The predicted molar refractivity (Wildman–Crippen MR) is 187 cm³/mol. The zero-order valence-corrected chi connectivity index (χ0v) is 31.2. The Morgan fingerprint density at radius 2 is 1.83 bits per heavy atom. The minimum Gasteiger partial charge on any atom is -0.804 e. The number of aliphatic hydroxyl groups is 7. The number of fused-ring (bicyclic) bond motifs is 1. The molecule has 300 valence electrons. The molecular weight excluding hydrogens is 690 g/mol. The number of primary amides is 1. The van der Waals surface area contributed by atoms with Gasteiger partial charge in [0.1, 0.15) is 30.4 Å². The monoisotopic (exact) mass is 752 g/mol. The molecule has 0 spiro atoms. The van der Waals surface area contributed by atoms with Crippen molar-refractivity contribution in [2.75, 3.05) is 6.54 Å². The number of aliphatic imine (C=N–C) groups is 1. The molecule has 2 saturated carbocycles. The molecule has 0 bridgehead atoms. The van der Waals surface area contributed by atoms with Crippen molar-refractivity contribution in [1.82, 2.24) is 0 Å². The van der Waals surface area contributed by atoms with Crippen LogP contribution in [0.3, 0.4) is 0 Å². The molecule has 5 rings (SSSR count). The van der Waals surface area contributed by atoms with Crippen LogP contribution in [0.15, 0.2) is 16.6 Å². The van der Waals surface area contributed by atoms with Gasteiger partial charge in [0, 0.05) is 18.8 Å². The third-order valence-electron chi connectivity index (χ3n) is 12.7. The number of rotatable bonds is 16. The van der Waals surface area contributed by atoms with E-state index in [2.05, 4.69) is 25.8 Å². The molecule has 5 aliphatic rings. The van der Waals surface area contributed by atoms with E-state index in [1.165, 1.54) is 5.32 Å². The van der Waals surface area contributed by atoms with Crippen molar-refractivity contribution in [3.8, 4) is 0 Å². The summed E-state index contributed by atoms with van der Waals surface area (Å²) in [6, 6.07) is 0. The number of carboxylic acid groups (broad SMARTS) is 1. The Labute approximate surface area is 312 Å². The van der Waals surface area contributed by atoms with Gasteiger partial charge in [-0.15, -0.1) is 4.99 Å². The summed E-state index contributed by atoms with van der Waals surface area (Å²) in [7, 11) is 0. The smallest absolute Gasteiger partial charge is 0.297 e. The molecule has 1 amide bonds. The zero-order chi connectivity index (χ0) is 38.6. The zero-order valence-electron chi connectivity index (χ0n) is 31.2. The first kappa shape index (κ1) is 42.0. The van der Waals surface area contributed by atoms with E-state index in [0.717, 1.165) is 24.8 Å². The summed E-state index contributed by atoms with van der Waals surface area (Å²) < 4.78 is 16.5. The number of ether oxygens (including phenoxy) is 3. The number of nitrogens with zero attached hydrogens (tertiary/aromatic N) is 1. The third kappa shape index (κ3) is 9.62. The first-order valence-corrected chi connectivity index (χ1v) is 19.6. The lowest BCUT2D eigenvalue weighted by Gasteiger charge is -2.53. The largest absolute Gasteiger partial charge is 0.804 e. The predicted octanol–water partition coefficient (Wildman–Crippen LogP) is -2.72. The van der Waals surface area contributed by atoms with E-state index in [1.807, 2.05) is 6.08 Å². The Hall–Kier alpha value is -2.18. The van der Waals surface area contributed by atoms with Gasteiger partial charge in [-0.2, -0.15) is 0 Å². The molecule has 3 aliphatic heterocycles. The number of hydrogen-bond acceptors (Lipinski definition) is 12. The topological polar surface area (TPSA) is 268 Å². The molecule has 2 saturated heterocycles. The van der Waals surface area contributed by atoms with Gasteiger partial charge in [-0.1, -0.05) is 40.0 Å². The Balaban J connectivity index is 1.30. The van der Waals surface area contributed by atoms with Gasteiger partial charge in [0.2, 0.25) is 6.10 Å². The van der Waals surface area contributed by atoms with Crippen molar-refractivity contribution in [3.63, 3.8) is 0 Å². The maximum atomic E-state index is 14.1. The van der Waals surface area contributed by atoms with Crippen LogP contribution in [0.1, 0.15) is 91.4 Å². The maximum Gasteiger partial charge on any atom is 0.297 e. The van der Waals surface area contributed by atoms with E-state index < -0.39 is 84.7 Å². The second-order valence-corrected chi connectivity index (χ2v) is 16.8. The number of carbonyl (C=O) groups is 2. The summed E-state index contributed by atoms with van der Waals surface area (Å²) in [6.07, 6.45) is -3.56. The number of quaternary nitrogens is 1. The number of amides is 1. The number of aliphatic carboxylic acids is 1. The SMILES string of the molecule is CC(C)CCC[C@H](C)[C@H](C[NH2+][C@H]([O-])[C@@]1(O)[C@H](OC2CCC3C(C2)[OH+]C(C(N)=O)C(C2CCC(O)CC2)C3O)O[C@H](C(=O)[O-])[C@@H](O)[C@@H]1O)CC1=C[CH+]N=C1. The molecule has 4 fully saturated rings. The minimum atomic E-state index is -2.79. The third-order valence-corrected chi connectivity index (χ3v) is 12.7. The van der Waals surface area contributed by atoms with Crippen LogP contribution in [-0.2, 0) is 19.1 Å². The van der Waals surface area contributed by atoms with Crippen LogP contribution >= 0.6 is 0 Å². The van der Waals surface area contributed by atoms with E-state index in [0.29, 0.717) is 50.9 Å². The summed E-state index contributed by atoms with van der Waals surface area (Å²) >= 11 is 0. The molecule has 3 heterocycles. The second-order valence-electron chi connectivity index (χ2n) is 16.8. The van der Waals surface area contributed by atoms with Gasteiger partial charge in [0.15, 0.2) is 24.2 Å². The summed E-state index contributed by atoms with van der Waals surface area (Å²) in [4.78, 5) is 28.8. The number of carboxylic acids is 1. The van der Waals surface area contributed by atoms with Gasteiger partial charge in [0.25, 0.3) is 5.91 Å². The van der Waals surface area contributed by atoms with E-state index >= 15 is 0 Å². The van der Waals surface area contributed by atoms with Crippen molar-refractivity contribution in [1.29, 1.82) is 0 Å². The number of aliphatic hydroxyl groups excluding tert-OH is 4. The van der Waals surface area contributed by atoms with Crippen LogP contribution in [0.25, 0.3) is 0 Å². The molecule has 15 nitrogen and oxygen atoms in total. The first-order valence-electron chi connectivity index (χ1n) is 19.6. The summed E-state index contributed by atoms with van der Waals surface area (Å²) in [5.41, 5.74) is 4.03. The van der Waals surface area contributed by atoms with Crippen molar-refractivity contribution in [2.24, 2.45) is 46.2 Å².